The van der Waals surface area contributed by atoms with E-state index in [1.54, 1.807) is 7.11 Å². The average molecular weight is 488 g/mol. The maximum Gasteiger partial charge on any atom is 0.191 e. The number of guanidine groups is 1. The Bertz CT molecular complexity index is 550. The Morgan fingerprint density at radius 3 is 2.67 bits per heavy atom. The molecule has 1 atom stereocenters. The molecule has 6 heteroatoms. The van der Waals surface area contributed by atoms with Crippen LogP contribution in [0.5, 0.6) is 0 Å². The van der Waals surface area contributed by atoms with Crippen molar-refractivity contribution in [1.82, 2.24) is 15.5 Å². The van der Waals surface area contributed by atoms with Crippen LogP contribution in [0.15, 0.2) is 35.3 Å². The fraction of sp³-hybridized carbons (Fsp3) is 0.667. The molecule has 2 N–H and O–H groups in total. The van der Waals surface area contributed by atoms with Crippen molar-refractivity contribution in [3.63, 3.8) is 0 Å². The molecule has 0 bridgehead atoms. The summed E-state index contributed by atoms with van der Waals surface area (Å²) >= 11 is 0. The molecular formula is C21H37IN4O. The highest BCUT2D eigenvalue weighted by Gasteiger charge is 2.22. The summed E-state index contributed by atoms with van der Waals surface area (Å²) in [5.74, 6) is 1.57. The molecule has 1 heterocycles. The van der Waals surface area contributed by atoms with Gasteiger partial charge in [-0.05, 0) is 51.6 Å². The Labute approximate surface area is 182 Å². The number of likely N-dealkylation sites (tertiary alicyclic amines) is 1. The number of halogens is 1. The van der Waals surface area contributed by atoms with Crippen molar-refractivity contribution in [3.8, 4) is 0 Å². The van der Waals surface area contributed by atoms with Crippen LogP contribution in [0.1, 0.15) is 32.8 Å². The fourth-order valence-electron chi connectivity index (χ4n) is 3.13. The molecule has 27 heavy (non-hydrogen) atoms. The van der Waals surface area contributed by atoms with Gasteiger partial charge in [0.2, 0.25) is 0 Å². The fourth-order valence-corrected chi connectivity index (χ4v) is 3.13. The summed E-state index contributed by atoms with van der Waals surface area (Å²) in [6.45, 7) is 12.2. The van der Waals surface area contributed by atoms with Crippen molar-refractivity contribution in [3.05, 3.63) is 35.9 Å². The van der Waals surface area contributed by atoms with Gasteiger partial charge in [-0.3, -0.25) is 4.99 Å². The molecule has 1 fully saturated rings. The van der Waals surface area contributed by atoms with Crippen LogP contribution in [0.4, 0.5) is 0 Å². The number of rotatable bonds is 9. The number of nitrogens with zero attached hydrogens (tertiary/aromatic N) is 2. The normalized spacial score (nSPS) is 18.2. The molecule has 0 amide bonds. The maximum atomic E-state index is 5.45. The van der Waals surface area contributed by atoms with Crippen LogP contribution in [-0.4, -0.2) is 62.8 Å². The lowest BCUT2D eigenvalue weighted by atomic mass is 10.1. The van der Waals surface area contributed by atoms with Crippen molar-refractivity contribution in [2.45, 2.75) is 39.2 Å². The molecule has 5 nitrogen and oxygen atoms in total. The summed E-state index contributed by atoms with van der Waals surface area (Å²) in [4.78, 5) is 7.25. The first-order valence-corrected chi connectivity index (χ1v) is 9.86. The molecule has 0 spiro atoms. The molecule has 2 rings (SSSR count). The summed E-state index contributed by atoms with van der Waals surface area (Å²) in [5.41, 5.74) is 1.20. The maximum absolute atomic E-state index is 5.45. The third kappa shape index (κ3) is 9.25. The largest absolute Gasteiger partial charge is 0.377 e. The molecule has 1 aliphatic rings. The molecule has 0 aliphatic carbocycles. The Morgan fingerprint density at radius 2 is 2.00 bits per heavy atom. The molecule has 0 saturated carbocycles. The summed E-state index contributed by atoms with van der Waals surface area (Å²) in [6, 6.07) is 10.8. The van der Waals surface area contributed by atoms with Gasteiger partial charge in [-0.2, -0.15) is 0 Å². The van der Waals surface area contributed by atoms with E-state index in [2.05, 4.69) is 71.6 Å². The van der Waals surface area contributed by atoms with Crippen molar-refractivity contribution in [2.75, 3.05) is 46.4 Å². The van der Waals surface area contributed by atoms with Gasteiger partial charge in [0.25, 0.3) is 0 Å². The Kier molecular flexibility index (Phi) is 11.3. The van der Waals surface area contributed by atoms with Crippen LogP contribution in [0.25, 0.3) is 0 Å². The lowest BCUT2D eigenvalue weighted by Gasteiger charge is -2.22. The zero-order valence-corrected chi connectivity index (χ0v) is 19.7. The van der Waals surface area contributed by atoms with Gasteiger partial charge in [-0.1, -0.05) is 30.3 Å². The minimum absolute atomic E-state index is 0. The van der Waals surface area contributed by atoms with Gasteiger partial charge in [0.15, 0.2) is 5.96 Å². The van der Waals surface area contributed by atoms with Crippen LogP contribution in [0.2, 0.25) is 0 Å². The number of methoxy groups -OCH3 is 1. The minimum atomic E-state index is -0.232. The molecular weight excluding hydrogens is 451 g/mol. The second-order valence-corrected chi connectivity index (χ2v) is 7.73. The van der Waals surface area contributed by atoms with Gasteiger partial charge in [-0.25, -0.2) is 0 Å². The van der Waals surface area contributed by atoms with Gasteiger partial charge in [0, 0.05) is 33.3 Å². The Hall–Kier alpha value is -0.860. The van der Waals surface area contributed by atoms with Crippen LogP contribution < -0.4 is 10.6 Å². The van der Waals surface area contributed by atoms with Crippen LogP contribution in [0, 0.1) is 5.92 Å². The number of hydrogen-bond acceptors (Lipinski definition) is 3. The van der Waals surface area contributed by atoms with Crippen LogP contribution >= 0.6 is 24.0 Å². The molecule has 0 radical (unpaired) electrons. The summed E-state index contributed by atoms with van der Waals surface area (Å²) < 4.78 is 5.45. The van der Waals surface area contributed by atoms with E-state index in [0.29, 0.717) is 12.5 Å². The first kappa shape index (κ1) is 24.2. The Morgan fingerprint density at radius 1 is 1.26 bits per heavy atom. The first-order valence-electron chi connectivity index (χ1n) is 9.86. The number of benzene rings is 1. The highest BCUT2D eigenvalue weighted by atomic mass is 127. The number of hydrogen-bond donors (Lipinski definition) is 2. The zero-order valence-electron chi connectivity index (χ0n) is 17.3. The highest BCUT2D eigenvalue weighted by molar-refractivity contribution is 14.0. The van der Waals surface area contributed by atoms with E-state index < -0.39 is 0 Å². The second-order valence-electron chi connectivity index (χ2n) is 7.73. The smallest absolute Gasteiger partial charge is 0.191 e. The lowest BCUT2D eigenvalue weighted by molar-refractivity contribution is 0.0310. The van der Waals surface area contributed by atoms with E-state index >= 15 is 0 Å². The molecule has 1 aromatic carbocycles. The predicted molar refractivity (Wildman–Crippen MR) is 125 cm³/mol. The third-order valence-electron chi connectivity index (χ3n) is 5.00. The Balaban J connectivity index is 0.00000364. The topological polar surface area (TPSA) is 48.9 Å². The van der Waals surface area contributed by atoms with Gasteiger partial charge in [-0.15, -0.1) is 24.0 Å². The standard InChI is InChI=1S/C21H36N4O.HI/c1-5-22-20(24-17-21(2,3)26-4)23-15-19-12-14-25(16-19)13-11-18-9-7-6-8-10-18;/h6-10,19H,5,11-17H2,1-4H3,(H2,22,23,24);1H. The van der Waals surface area contributed by atoms with Crippen LogP contribution in [0.3, 0.4) is 0 Å². The number of nitrogens with one attached hydrogen (secondary N) is 2. The van der Waals surface area contributed by atoms with Crippen molar-refractivity contribution < 1.29 is 4.74 Å². The zero-order chi connectivity index (χ0) is 18.8. The highest BCUT2D eigenvalue weighted by Crippen LogP contribution is 2.16. The second kappa shape index (κ2) is 12.6. The number of ether oxygens (including phenoxy) is 1. The van der Waals surface area contributed by atoms with E-state index in [1.165, 1.54) is 25.1 Å². The quantitative estimate of drug-likeness (QED) is 0.319. The lowest BCUT2D eigenvalue weighted by Crippen LogP contribution is -2.41. The minimum Gasteiger partial charge on any atom is -0.377 e. The average Bonchev–Trinajstić information content (AvgIpc) is 3.11. The van der Waals surface area contributed by atoms with Gasteiger partial charge >= 0.3 is 0 Å². The van der Waals surface area contributed by atoms with Gasteiger partial charge in [0.05, 0.1) is 12.1 Å². The molecule has 154 valence electrons. The van der Waals surface area contributed by atoms with E-state index in [-0.39, 0.29) is 29.6 Å². The molecule has 1 unspecified atom stereocenters. The van der Waals surface area contributed by atoms with Gasteiger partial charge in [0.1, 0.15) is 0 Å². The summed E-state index contributed by atoms with van der Waals surface area (Å²) in [6.07, 6.45) is 2.39. The predicted octanol–water partition coefficient (Wildman–Crippen LogP) is 3.15. The van der Waals surface area contributed by atoms with E-state index in [1.807, 2.05) is 0 Å². The van der Waals surface area contributed by atoms with Crippen LogP contribution in [-0.2, 0) is 11.2 Å². The van der Waals surface area contributed by atoms with Crippen molar-refractivity contribution in [1.29, 1.82) is 0 Å². The van der Waals surface area contributed by atoms with E-state index in [0.717, 1.165) is 32.0 Å². The third-order valence-corrected chi connectivity index (χ3v) is 5.00. The molecule has 1 aliphatic heterocycles. The summed E-state index contributed by atoms with van der Waals surface area (Å²) in [5, 5.41) is 6.84. The monoisotopic (exact) mass is 488 g/mol. The van der Waals surface area contributed by atoms with Crippen molar-refractivity contribution >= 4 is 29.9 Å². The van der Waals surface area contributed by atoms with Gasteiger partial charge < -0.3 is 20.3 Å². The SMILES string of the molecule is CCNC(=NCC(C)(C)OC)NCC1CCN(CCc2ccccc2)C1.I. The van der Waals surface area contributed by atoms with E-state index in [4.69, 9.17) is 4.74 Å². The molecule has 1 saturated heterocycles. The number of aliphatic imine (C=N–C) groups is 1. The summed E-state index contributed by atoms with van der Waals surface area (Å²) in [7, 11) is 1.73. The molecule has 1 aromatic rings. The van der Waals surface area contributed by atoms with Crippen molar-refractivity contribution in [2.24, 2.45) is 10.9 Å². The van der Waals surface area contributed by atoms with E-state index in [9.17, 15) is 0 Å². The first-order chi connectivity index (χ1) is 12.5. The molecule has 0 aromatic heterocycles.